The first-order valence-corrected chi connectivity index (χ1v) is 6.70. The van der Waals surface area contributed by atoms with Crippen molar-refractivity contribution in [1.29, 1.82) is 0 Å². The molecule has 8 heteroatoms. The Labute approximate surface area is 125 Å². The van der Waals surface area contributed by atoms with Gasteiger partial charge in [-0.3, -0.25) is 5.43 Å². The summed E-state index contributed by atoms with van der Waals surface area (Å²) in [5.74, 6) is 0.798. The quantitative estimate of drug-likeness (QED) is 0.845. The summed E-state index contributed by atoms with van der Waals surface area (Å²) >= 11 is 11.9. The number of rotatable bonds is 4. The van der Waals surface area contributed by atoms with Crippen LogP contribution in [0.15, 0.2) is 23.0 Å². The smallest absolute Gasteiger partial charge is 0.290 e. The molecule has 2 rings (SSSR count). The summed E-state index contributed by atoms with van der Waals surface area (Å²) in [6, 6.07) is 4.94. The van der Waals surface area contributed by atoms with Crippen LogP contribution in [0.1, 0.15) is 12.7 Å². The van der Waals surface area contributed by atoms with Gasteiger partial charge in [0.1, 0.15) is 5.82 Å². The summed E-state index contributed by atoms with van der Waals surface area (Å²) in [5, 5.41) is 0.798. The van der Waals surface area contributed by atoms with Gasteiger partial charge in [0.15, 0.2) is 0 Å². The van der Waals surface area contributed by atoms with E-state index in [1.165, 1.54) is 4.57 Å². The molecule has 0 bridgehead atoms. The number of nitrogens with zero attached hydrogens (tertiary/aromatic N) is 3. The zero-order valence-corrected chi connectivity index (χ0v) is 12.5. The van der Waals surface area contributed by atoms with Crippen LogP contribution >= 0.6 is 23.2 Å². The Balaban J connectivity index is 2.60. The largest absolute Gasteiger partial charge is 0.356 e. The number of hydrazine groups is 1. The molecule has 0 amide bonds. The molecule has 0 aliphatic carbocycles. The highest BCUT2D eigenvalue weighted by atomic mass is 35.5. The van der Waals surface area contributed by atoms with E-state index in [1.54, 1.807) is 25.2 Å². The fourth-order valence-electron chi connectivity index (χ4n) is 1.74. The van der Waals surface area contributed by atoms with E-state index < -0.39 is 5.69 Å². The average Bonchev–Trinajstić information content (AvgIpc) is 2.42. The number of anilines is 1. The highest BCUT2D eigenvalue weighted by Gasteiger charge is 2.11. The molecule has 1 aromatic carbocycles. The van der Waals surface area contributed by atoms with Crippen LogP contribution in [0.3, 0.4) is 0 Å². The molecule has 106 valence electrons. The van der Waals surface area contributed by atoms with E-state index in [1.807, 2.05) is 6.92 Å². The molecular weight excluding hydrogens is 301 g/mol. The second kappa shape index (κ2) is 6.21. The Morgan fingerprint density at radius 3 is 2.60 bits per heavy atom. The van der Waals surface area contributed by atoms with Crippen molar-refractivity contribution in [1.82, 2.24) is 20.0 Å². The molecule has 1 heterocycles. The molecule has 1 aromatic heterocycles. The standard InChI is InChI=1S/C12H13Cl2N5O/c1-3-10-16-11(18-15-2)17-12(20)19(10)7-4-5-8(13)9(14)6-7/h4-6,15H,3H2,1-2H3,(H,17,18,20). The van der Waals surface area contributed by atoms with E-state index in [2.05, 4.69) is 20.8 Å². The van der Waals surface area contributed by atoms with Gasteiger partial charge >= 0.3 is 5.69 Å². The summed E-state index contributed by atoms with van der Waals surface area (Å²) in [4.78, 5) is 20.3. The highest BCUT2D eigenvalue weighted by Crippen LogP contribution is 2.24. The summed E-state index contributed by atoms with van der Waals surface area (Å²) in [7, 11) is 1.67. The molecule has 0 radical (unpaired) electrons. The zero-order chi connectivity index (χ0) is 14.7. The third-order valence-corrected chi connectivity index (χ3v) is 3.34. The van der Waals surface area contributed by atoms with E-state index in [4.69, 9.17) is 23.2 Å². The Bertz CT molecular complexity index is 686. The van der Waals surface area contributed by atoms with Crippen molar-refractivity contribution in [3.05, 3.63) is 44.6 Å². The Hall–Kier alpha value is -1.63. The predicted octanol–water partition coefficient (Wildman–Crippen LogP) is 2.04. The number of halogens is 2. The third-order valence-electron chi connectivity index (χ3n) is 2.60. The van der Waals surface area contributed by atoms with Crippen molar-refractivity contribution in [3.63, 3.8) is 0 Å². The van der Waals surface area contributed by atoms with Gasteiger partial charge in [-0.05, 0) is 18.2 Å². The fraction of sp³-hybridized carbons (Fsp3) is 0.250. The lowest BCUT2D eigenvalue weighted by atomic mass is 10.3. The average molecular weight is 314 g/mol. The number of benzene rings is 1. The highest BCUT2D eigenvalue weighted by molar-refractivity contribution is 6.42. The summed E-state index contributed by atoms with van der Waals surface area (Å²) in [6.07, 6.45) is 0.566. The van der Waals surface area contributed by atoms with Crippen LogP contribution in [-0.2, 0) is 6.42 Å². The lowest BCUT2D eigenvalue weighted by Gasteiger charge is -2.12. The Morgan fingerprint density at radius 1 is 1.25 bits per heavy atom. The van der Waals surface area contributed by atoms with Crippen molar-refractivity contribution in [2.24, 2.45) is 0 Å². The third kappa shape index (κ3) is 2.92. The first-order valence-electron chi connectivity index (χ1n) is 5.95. The second-order valence-electron chi connectivity index (χ2n) is 3.91. The van der Waals surface area contributed by atoms with E-state index in [0.29, 0.717) is 28.0 Å². The van der Waals surface area contributed by atoms with Crippen LogP contribution in [0.5, 0.6) is 0 Å². The van der Waals surface area contributed by atoms with Crippen molar-refractivity contribution >= 4 is 29.2 Å². The molecule has 0 fully saturated rings. The molecule has 0 aliphatic heterocycles. The van der Waals surface area contributed by atoms with Gasteiger partial charge in [-0.2, -0.15) is 9.97 Å². The van der Waals surface area contributed by atoms with Gasteiger partial charge in [-0.25, -0.2) is 14.8 Å². The molecule has 0 aliphatic rings. The summed E-state index contributed by atoms with van der Waals surface area (Å²) in [6.45, 7) is 1.90. The number of aryl methyl sites for hydroxylation is 1. The van der Waals surface area contributed by atoms with Crippen LogP contribution in [-0.4, -0.2) is 21.6 Å². The minimum absolute atomic E-state index is 0.227. The first-order chi connectivity index (χ1) is 9.56. The van der Waals surface area contributed by atoms with Crippen molar-refractivity contribution in [2.45, 2.75) is 13.3 Å². The van der Waals surface area contributed by atoms with Crippen LogP contribution in [0.2, 0.25) is 10.0 Å². The SMILES string of the molecule is CCc1nc(NNC)nc(=O)n1-c1ccc(Cl)c(Cl)c1. The molecule has 0 saturated carbocycles. The van der Waals surface area contributed by atoms with Crippen LogP contribution in [0, 0.1) is 0 Å². The van der Waals surface area contributed by atoms with Gasteiger partial charge in [-0.15, -0.1) is 0 Å². The van der Waals surface area contributed by atoms with Gasteiger partial charge in [0.25, 0.3) is 0 Å². The molecule has 0 unspecified atom stereocenters. The molecule has 0 spiro atoms. The molecule has 6 nitrogen and oxygen atoms in total. The van der Waals surface area contributed by atoms with Gasteiger partial charge in [0, 0.05) is 13.5 Å². The molecule has 20 heavy (non-hydrogen) atoms. The van der Waals surface area contributed by atoms with Crippen molar-refractivity contribution < 1.29 is 0 Å². The lowest BCUT2D eigenvalue weighted by Crippen LogP contribution is -2.29. The van der Waals surface area contributed by atoms with Gasteiger partial charge in [-0.1, -0.05) is 30.1 Å². The van der Waals surface area contributed by atoms with Crippen molar-refractivity contribution in [3.8, 4) is 5.69 Å². The van der Waals surface area contributed by atoms with Crippen molar-refractivity contribution in [2.75, 3.05) is 12.5 Å². The first kappa shape index (κ1) is 14.8. The normalized spacial score (nSPS) is 10.6. The lowest BCUT2D eigenvalue weighted by molar-refractivity contribution is 0.761. The maximum Gasteiger partial charge on any atom is 0.356 e. The van der Waals surface area contributed by atoms with E-state index >= 15 is 0 Å². The second-order valence-corrected chi connectivity index (χ2v) is 4.72. The molecular formula is C12H13Cl2N5O. The number of aromatic nitrogens is 3. The van der Waals surface area contributed by atoms with E-state index in [-0.39, 0.29) is 5.95 Å². The van der Waals surface area contributed by atoms with Gasteiger partial charge in [0.2, 0.25) is 5.95 Å². The van der Waals surface area contributed by atoms with E-state index in [0.717, 1.165) is 0 Å². The van der Waals surface area contributed by atoms with Gasteiger partial charge in [0.05, 0.1) is 15.7 Å². The number of hydrogen-bond acceptors (Lipinski definition) is 5. The topological polar surface area (TPSA) is 71.8 Å². The van der Waals surface area contributed by atoms with Crippen LogP contribution < -0.4 is 16.5 Å². The fourth-order valence-corrected chi connectivity index (χ4v) is 2.03. The number of nitrogens with one attached hydrogen (secondary N) is 2. The molecule has 2 N–H and O–H groups in total. The van der Waals surface area contributed by atoms with E-state index in [9.17, 15) is 4.79 Å². The molecule has 0 atom stereocenters. The van der Waals surface area contributed by atoms with Crippen LogP contribution in [0.25, 0.3) is 5.69 Å². The number of hydrogen-bond donors (Lipinski definition) is 2. The maximum atomic E-state index is 12.2. The van der Waals surface area contributed by atoms with Gasteiger partial charge < -0.3 is 0 Å². The Morgan fingerprint density at radius 2 is 2.00 bits per heavy atom. The minimum atomic E-state index is -0.437. The summed E-state index contributed by atoms with van der Waals surface area (Å²) in [5.41, 5.74) is 5.51. The monoisotopic (exact) mass is 313 g/mol. The van der Waals surface area contributed by atoms with Crippen LogP contribution in [0.4, 0.5) is 5.95 Å². The molecule has 0 saturated heterocycles. The zero-order valence-electron chi connectivity index (χ0n) is 10.9. The minimum Gasteiger partial charge on any atom is -0.290 e. The molecule has 2 aromatic rings. The summed E-state index contributed by atoms with van der Waals surface area (Å²) < 4.78 is 1.41. The maximum absolute atomic E-state index is 12.2. The predicted molar refractivity (Wildman–Crippen MR) is 79.7 cm³/mol. The Kier molecular flexibility index (Phi) is 4.59.